The van der Waals surface area contributed by atoms with E-state index in [0.29, 0.717) is 13.0 Å². The molecule has 0 fully saturated rings. The van der Waals surface area contributed by atoms with Gasteiger partial charge in [-0.2, -0.15) is 5.10 Å². The van der Waals surface area contributed by atoms with Gasteiger partial charge in [0.05, 0.1) is 18.4 Å². The predicted molar refractivity (Wildman–Crippen MR) is 71.7 cm³/mol. The standard InChI is InChI=1S/C13H19N5O/c1-9-12(10(2)18(3)17-9)6-13(19)15-5-4-11-7-14-8-16-11/h7-8H,4-6H2,1-3H3,(H,14,16)(H,15,19). The molecule has 2 heterocycles. The van der Waals surface area contributed by atoms with Gasteiger partial charge in [0.2, 0.25) is 5.91 Å². The van der Waals surface area contributed by atoms with Crippen LogP contribution in [0, 0.1) is 13.8 Å². The molecule has 0 aliphatic heterocycles. The van der Waals surface area contributed by atoms with Crippen molar-refractivity contribution in [3.8, 4) is 0 Å². The third-order valence-electron chi connectivity index (χ3n) is 3.27. The SMILES string of the molecule is Cc1nn(C)c(C)c1CC(=O)NCCc1cnc[nH]1. The van der Waals surface area contributed by atoms with Gasteiger partial charge in [0, 0.05) is 43.2 Å². The first-order chi connectivity index (χ1) is 9.08. The van der Waals surface area contributed by atoms with Crippen LogP contribution in [-0.4, -0.2) is 32.2 Å². The number of aryl methyl sites for hydroxylation is 2. The summed E-state index contributed by atoms with van der Waals surface area (Å²) >= 11 is 0. The van der Waals surface area contributed by atoms with E-state index in [1.165, 1.54) is 0 Å². The summed E-state index contributed by atoms with van der Waals surface area (Å²) in [6, 6.07) is 0. The van der Waals surface area contributed by atoms with Crippen molar-refractivity contribution < 1.29 is 4.79 Å². The molecule has 0 spiro atoms. The lowest BCUT2D eigenvalue weighted by molar-refractivity contribution is -0.120. The lowest BCUT2D eigenvalue weighted by atomic mass is 10.1. The van der Waals surface area contributed by atoms with Crippen molar-refractivity contribution in [2.24, 2.45) is 7.05 Å². The van der Waals surface area contributed by atoms with E-state index in [-0.39, 0.29) is 5.91 Å². The molecule has 0 bridgehead atoms. The minimum Gasteiger partial charge on any atom is -0.355 e. The van der Waals surface area contributed by atoms with Crippen molar-refractivity contribution in [3.63, 3.8) is 0 Å². The average molecular weight is 261 g/mol. The number of aromatic amines is 1. The molecule has 0 saturated heterocycles. The largest absolute Gasteiger partial charge is 0.355 e. The number of rotatable bonds is 5. The van der Waals surface area contributed by atoms with Gasteiger partial charge in [0.1, 0.15) is 0 Å². The van der Waals surface area contributed by atoms with Gasteiger partial charge in [-0.1, -0.05) is 0 Å². The van der Waals surface area contributed by atoms with Crippen LogP contribution in [-0.2, 0) is 24.7 Å². The van der Waals surface area contributed by atoms with E-state index in [1.54, 1.807) is 12.5 Å². The van der Waals surface area contributed by atoms with Gasteiger partial charge in [-0.3, -0.25) is 9.48 Å². The van der Waals surface area contributed by atoms with Crippen LogP contribution in [0.3, 0.4) is 0 Å². The molecule has 2 aromatic rings. The number of amides is 1. The number of hydrogen-bond acceptors (Lipinski definition) is 3. The van der Waals surface area contributed by atoms with Crippen LogP contribution in [0.15, 0.2) is 12.5 Å². The normalized spacial score (nSPS) is 10.7. The molecular weight excluding hydrogens is 242 g/mol. The van der Waals surface area contributed by atoms with Crippen molar-refractivity contribution in [2.45, 2.75) is 26.7 Å². The Hall–Kier alpha value is -2.11. The van der Waals surface area contributed by atoms with Gasteiger partial charge >= 0.3 is 0 Å². The molecule has 2 N–H and O–H groups in total. The summed E-state index contributed by atoms with van der Waals surface area (Å²) in [6.45, 7) is 4.52. The van der Waals surface area contributed by atoms with Crippen molar-refractivity contribution >= 4 is 5.91 Å². The van der Waals surface area contributed by atoms with Crippen molar-refractivity contribution in [2.75, 3.05) is 6.54 Å². The van der Waals surface area contributed by atoms with Crippen LogP contribution in [0.4, 0.5) is 0 Å². The first-order valence-corrected chi connectivity index (χ1v) is 6.31. The molecule has 102 valence electrons. The molecule has 0 radical (unpaired) electrons. The monoisotopic (exact) mass is 261 g/mol. The van der Waals surface area contributed by atoms with Crippen LogP contribution in [0.25, 0.3) is 0 Å². The third kappa shape index (κ3) is 3.21. The Morgan fingerprint density at radius 3 is 2.84 bits per heavy atom. The summed E-state index contributed by atoms with van der Waals surface area (Å²) < 4.78 is 1.81. The second-order valence-electron chi connectivity index (χ2n) is 4.63. The van der Waals surface area contributed by atoms with E-state index in [2.05, 4.69) is 20.4 Å². The summed E-state index contributed by atoms with van der Waals surface area (Å²) in [5.74, 6) is 0.0266. The van der Waals surface area contributed by atoms with Gasteiger partial charge in [-0.15, -0.1) is 0 Å². The van der Waals surface area contributed by atoms with Crippen molar-refractivity contribution in [3.05, 3.63) is 35.2 Å². The summed E-state index contributed by atoms with van der Waals surface area (Å²) in [7, 11) is 1.89. The Labute approximate surface area is 112 Å². The highest BCUT2D eigenvalue weighted by atomic mass is 16.1. The number of imidazole rings is 1. The molecule has 2 rings (SSSR count). The molecule has 6 nitrogen and oxygen atoms in total. The number of nitrogens with one attached hydrogen (secondary N) is 2. The number of H-pyrrole nitrogens is 1. The second kappa shape index (κ2) is 5.69. The van der Waals surface area contributed by atoms with Crippen LogP contribution >= 0.6 is 0 Å². The van der Waals surface area contributed by atoms with E-state index < -0.39 is 0 Å². The zero-order valence-electron chi connectivity index (χ0n) is 11.5. The fraction of sp³-hybridized carbons (Fsp3) is 0.462. The molecule has 19 heavy (non-hydrogen) atoms. The van der Waals surface area contributed by atoms with E-state index in [4.69, 9.17) is 0 Å². The minimum absolute atomic E-state index is 0.0266. The number of aromatic nitrogens is 4. The van der Waals surface area contributed by atoms with Crippen LogP contribution in [0.5, 0.6) is 0 Å². The maximum absolute atomic E-state index is 11.9. The van der Waals surface area contributed by atoms with E-state index in [0.717, 1.165) is 29.1 Å². The molecule has 2 aromatic heterocycles. The first kappa shape index (κ1) is 13.3. The molecule has 6 heteroatoms. The zero-order chi connectivity index (χ0) is 13.8. The summed E-state index contributed by atoms with van der Waals surface area (Å²) in [6.07, 6.45) is 4.55. The molecule has 0 aliphatic rings. The van der Waals surface area contributed by atoms with E-state index >= 15 is 0 Å². The molecule has 1 amide bonds. The van der Waals surface area contributed by atoms with Gasteiger partial charge in [-0.25, -0.2) is 4.98 Å². The summed E-state index contributed by atoms with van der Waals surface area (Å²) in [5, 5.41) is 7.22. The zero-order valence-corrected chi connectivity index (χ0v) is 11.5. The number of carbonyl (C=O) groups excluding carboxylic acids is 1. The topological polar surface area (TPSA) is 75.6 Å². The fourth-order valence-electron chi connectivity index (χ4n) is 2.05. The van der Waals surface area contributed by atoms with Crippen molar-refractivity contribution in [1.82, 2.24) is 25.1 Å². The Balaban J connectivity index is 1.84. The molecule has 0 unspecified atom stereocenters. The van der Waals surface area contributed by atoms with Gasteiger partial charge in [-0.05, 0) is 13.8 Å². The molecule has 0 atom stereocenters. The summed E-state index contributed by atoms with van der Waals surface area (Å²) in [5.41, 5.74) is 4.00. The first-order valence-electron chi connectivity index (χ1n) is 6.31. The maximum atomic E-state index is 11.9. The smallest absolute Gasteiger partial charge is 0.224 e. The highest BCUT2D eigenvalue weighted by Gasteiger charge is 2.13. The van der Waals surface area contributed by atoms with Gasteiger partial charge in [0.15, 0.2) is 0 Å². The molecular formula is C13H19N5O. The molecule has 0 saturated carbocycles. The van der Waals surface area contributed by atoms with Crippen LogP contribution in [0.1, 0.15) is 22.6 Å². The predicted octanol–water partition coefficient (Wildman–Crippen LogP) is 0.661. The lowest BCUT2D eigenvalue weighted by Crippen LogP contribution is -2.27. The molecule has 0 aromatic carbocycles. The van der Waals surface area contributed by atoms with Crippen molar-refractivity contribution in [1.29, 1.82) is 0 Å². The lowest BCUT2D eigenvalue weighted by Gasteiger charge is -2.05. The quantitative estimate of drug-likeness (QED) is 0.830. The van der Waals surface area contributed by atoms with E-state index in [1.807, 2.05) is 25.6 Å². The van der Waals surface area contributed by atoms with Gasteiger partial charge < -0.3 is 10.3 Å². The minimum atomic E-state index is 0.0266. The number of hydrogen-bond donors (Lipinski definition) is 2. The highest BCUT2D eigenvalue weighted by Crippen LogP contribution is 2.12. The third-order valence-corrected chi connectivity index (χ3v) is 3.27. The van der Waals surface area contributed by atoms with Crippen LogP contribution in [0.2, 0.25) is 0 Å². The fourth-order valence-corrected chi connectivity index (χ4v) is 2.05. The van der Waals surface area contributed by atoms with Gasteiger partial charge in [0.25, 0.3) is 0 Å². The Morgan fingerprint density at radius 1 is 1.47 bits per heavy atom. The highest BCUT2D eigenvalue weighted by molar-refractivity contribution is 5.79. The number of nitrogens with zero attached hydrogens (tertiary/aromatic N) is 3. The Kier molecular flexibility index (Phi) is 3.99. The van der Waals surface area contributed by atoms with E-state index in [9.17, 15) is 4.79 Å². The second-order valence-corrected chi connectivity index (χ2v) is 4.63. The molecule has 0 aliphatic carbocycles. The Morgan fingerprint density at radius 2 is 2.26 bits per heavy atom. The number of carbonyl (C=O) groups is 1. The average Bonchev–Trinajstić information content (AvgIpc) is 2.94. The maximum Gasteiger partial charge on any atom is 0.224 e. The Bertz CT molecular complexity index is 556. The van der Waals surface area contributed by atoms with Crippen LogP contribution < -0.4 is 5.32 Å². The summed E-state index contributed by atoms with van der Waals surface area (Å²) in [4.78, 5) is 18.8.